The lowest BCUT2D eigenvalue weighted by Gasteiger charge is -2.17. The Kier molecular flexibility index (Phi) is 4.52. The summed E-state index contributed by atoms with van der Waals surface area (Å²) in [5.74, 6) is -0.478. The van der Waals surface area contributed by atoms with Crippen molar-refractivity contribution in [3.8, 4) is 16.9 Å². The highest BCUT2D eigenvalue weighted by molar-refractivity contribution is 6.32. The van der Waals surface area contributed by atoms with Crippen LogP contribution in [0.25, 0.3) is 11.1 Å². The van der Waals surface area contributed by atoms with Gasteiger partial charge in [0.15, 0.2) is 11.6 Å². The number of carbonyl (C=O) groups excluding carboxylic acids is 2. The molecular formula is C24H23ClO4. The maximum atomic E-state index is 13.3. The number of hydrogen-bond donors (Lipinski definition) is 0. The predicted molar refractivity (Wildman–Crippen MR) is 110 cm³/mol. The van der Waals surface area contributed by atoms with E-state index in [0.717, 1.165) is 41.5 Å². The fraction of sp³-hybridized carbons (Fsp3) is 0.417. The number of ketones is 2. The molecule has 3 fully saturated rings. The third-order valence-electron chi connectivity index (χ3n) is 6.82. The van der Waals surface area contributed by atoms with Gasteiger partial charge in [-0.05, 0) is 59.7 Å². The summed E-state index contributed by atoms with van der Waals surface area (Å²) in [6, 6.07) is 11.7. The lowest BCUT2D eigenvalue weighted by Crippen LogP contribution is -2.29. The van der Waals surface area contributed by atoms with Gasteiger partial charge in [-0.1, -0.05) is 36.7 Å². The number of fused-ring (bicyclic) bond motifs is 5. The Morgan fingerprint density at radius 1 is 1.00 bits per heavy atom. The molecule has 5 atom stereocenters. The van der Waals surface area contributed by atoms with Gasteiger partial charge >= 0.3 is 0 Å². The average Bonchev–Trinajstić information content (AvgIpc) is 3.42. The van der Waals surface area contributed by atoms with Gasteiger partial charge in [-0.2, -0.15) is 0 Å². The summed E-state index contributed by atoms with van der Waals surface area (Å²) in [6.45, 7) is 2.06. The van der Waals surface area contributed by atoms with Crippen LogP contribution in [0.3, 0.4) is 0 Å². The van der Waals surface area contributed by atoms with Crippen molar-refractivity contribution < 1.29 is 19.1 Å². The van der Waals surface area contributed by atoms with Gasteiger partial charge in [0.25, 0.3) is 0 Å². The van der Waals surface area contributed by atoms with Crippen molar-refractivity contribution in [3.63, 3.8) is 0 Å². The molecule has 1 saturated carbocycles. The van der Waals surface area contributed by atoms with Gasteiger partial charge in [0.1, 0.15) is 11.7 Å². The van der Waals surface area contributed by atoms with Gasteiger partial charge in [0.2, 0.25) is 0 Å². The largest absolute Gasteiger partial charge is 0.495 e. The second-order valence-corrected chi connectivity index (χ2v) is 8.60. The lowest BCUT2D eigenvalue weighted by atomic mass is 9.81. The monoisotopic (exact) mass is 410 g/mol. The van der Waals surface area contributed by atoms with Crippen LogP contribution in [0.15, 0.2) is 36.4 Å². The van der Waals surface area contributed by atoms with Crippen molar-refractivity contribution in [2.75, 3.05) is 7.11 Å². The number of halogens is 1. The molecule has 1 aliphatic carbocycles. The summed E-state index contributed by atoms with van der Waals surface area (Å²) in [4.78, 5) is 26.6. The molecule has 0 N–H and O–H groups in total. The van der Waals surface area contributed by atoms with Crippen LogP contribution in [0.1, 0.15) is 36.8 Å². The van der Waals surface area contributed by atoms with Crippen LogP contribution in [-0.2, 0) is 20.7 Å². The quantitative estimate of drug-likeness (QED) is 0.691. The molecule has 2 heterocycles. The maximum Gasteiger partial charge on any atom is 0.154 e. The van der Waals surface area contributed by atoms with Crippen molar-refractivity contribution in [2.45, 2.75) is 44.3 Å². The Bertz CT molecular complexity index is 986. The molecule has 5 heteroatoms. The number of aryl methyl sites for hydroxylation is 1. The normalized spacial score (nSPS) is 30.1. The summed E-state index contributed by atoms with van der Waals surface area (Å²) >= 11 is 6.17. The van der Waals surface area contributed by atoms with Gasteiger partial charge in [-0.3, -0.25) is 9.59 Å². The van der Waals surface area contributed by atoms with Gasteiger partial charge in [0.05, 0.1) is 36.2 Å². The Morgan fingerprint density at radius 3 is 2.24 bits per heavy atom. The SMILES string of the molecule is CCc1ccc(-c2ccc(Cl)c(OC)c2)cc1C1C(=O)[C@@H]2[C@H](C1=O)[C@H]1CC[C@@H]2O1. The standard InChI is InChI=1S/C24H23ClO4/c1-3-12-4-5-13(14-6-7-16(25)19(11-14)28-2)10-15(12)20-23(26)21-17-8-9-18(29-17)22(21)24(20)27/h4-7,10-11,17-18,20-22H,3,8-9H2,1-2H3/t17-,18+,20?,21-,22+. The lowest BCUT2D eigenvalue weighted by molar-refractivity contribution is -0.127. The van der Waals surface area contributed by atoms with E-state index in [1.807, 2.05) is 30.3 Å². The highest BCUT2D eigenvalue weighted by Gasteiger charge is 2.63. The summed E-state index contributed by atoms with van der Waals surface area (Å²) in [6.07, 6.45) is 2.42. The van der Waals surface area contributed by atoms with E-state index in [-0.39, 0.29) is 35.6 Å². The van der Waals surface area contributed by atoms with E-state index in [2.05, 4.69) is 6.92 Å². The van der Waals surface area contributed by atoms with Crippen molar-refractivity contribution in [2.24, 2.45) is 11.8 Å². The predicted octanol–water partition coefficient (Wildman–Crippen LogP) is 4.61. The smallest absolute Gasteiger partial charge is 0.154 e. The van der Waals surface area contributed by atoms with Gasteiger partial charge < -0.3 is 9.47 Å². The van der Waals surface area contributed by atoms with Crippen molar-refractivity contribution in [1.29, 1.82) is 0 Å². The number of rotatable bonds is 4. The van der Waals surface area contributed by atoms with E-state index in [4.69, 9.17) is 21.1 Å². The first-order valence-corrected chi connectivity index (χ1v) is 10.6. The second kappa shape index (κ2) is 6.96. The van der Waals surface area contributed by atoms with Gasteiger partial charge in [-0.25, -0.2) is 0 Å². The summed E-state index contributed by atoms with van der Waals surface area (Å²) in [7, 11) is 1.58. The van der Waals surface area contributed by atoms with E-state index in [0.29, 0.717) is 10.8 Å². The molecule has 1 unspecified atom stereocenters. The molecule has 2 aliphatic heterocycles. The van der Waals surface area contributed by atoms with Crippen molar-refractivity contribution in [1.82, 2.24) is 0 Å². The van der Waals surface area contributed by atoms with Gasteiger partial charge in [0, 0.05) is 0 Å². The Labute approximate surface area is 175 Å². The molecule has 4 nitrogen and oxygen atoms in total. The van der Waals surface area contributed by atoms with Crippen LogP contribution in [0.5, 0.6) is 5.75 Å². The number of methoxy groups -OCH3 is 1. The molecule has 29 heavy (non-hydrogen) atoms. The van der Waals surface area contributed by atoms with Crippen LogP contribution < -0.4 is 4.74 Å². The molecule has 2 bridgehead atoms. The number of ether oxygens (including phenoxy) is 2. The average molecular weight is 411 g/mol. The summed E-state index contributed by atoms with van der Waals surface area (Å²) < 4.78 is 11.2. The van der Waals surface area contributed by atoms with Crippen LogP contribution in [-0.4, -0.2) is 30.9 Å². The van der Waals surface area contributed by atoms with Crippen molar-refractivity contribution >= 4 is 23.2 Å². The Balaban J connectivity index is 1.58. The first kappa shape index (κ1) is 18.8. The zero-order valence-electron chi connectivity index (χ0n) is 16.5. The topological polar surface area (TPSA) is 52.6 Å². The second-order valence-electron chi connectivity index (χ2n) is 8.20. The molecule has 2 aromatic rings. The first-order valence-electron chi connectivity index (χ1n) is 10.2. The van der Waals surface area contributed by atoms with Gasteiger partial charge in [-0.15, -0.1) is 0 Å². The van der Waals surface area contributed by atoms with Crippen molar-refractivity contribution in [3.05, 3.63) is 52.5 Å². The molecule has 0 radical (unpaired) electrons. The maximum absolute atomic E-state index is 13.3. The van der Waals surface area contributed by atoms with E-state index in [1.165, 1.54) is 0 Å². The van der Waals surface area contributed by atoms with E-state index in [9.17, 15) is 9.59 Å². The number of benzene rings is 2. The zero-order chi connectivity index (χ0) is 20.3. The first-order chi connectivity index (χ1) is 14.0. The minimum atomic E-state index is -0.666. The Morgan fingerprint density at radius 2 is 1.62 bits per heavy atom. The van der Waals surface area contributed by atoms with Crippen LogP contribution in [0, 0.1) is 11.8 Å². The molecule has 150 valence electrons. The van der Waals surface area contributed by atoms with Crippen LogP contribution >= 0.6 is 11.6 Å². The van der Waals surface area contributed by atoms with E-state index >= 15 is 0 Å². The molecule has 3 aliphatic rings. The molecular weight excluding hydrogens is 388 g/mol. The Hall–Kier alpha value is -2.17. The minimum Gasteiger partial charge on any atom is -0.495 e. The highest BCUT2D eigenvalue weighted by Crippen LogP contribution is 2.52. The highest BCUT2D eigenvalue weighted by atomic mass is 35.5. The molecule has 2 saturated heterocycles. The van der Waals surface area contributed by atoms with Crippen LogP contribution in [0.2, 0.25) is 5.02 Å². The zero-order valence-corrected chi connectivity index (χ0v) is 17.2. The summed E-state index contributed by atoms with van der Waals surface area (Å²) in [5.41, 5.74) is 3.79. The van der Waals surface area contributed by atoms with E-state index in [1.54, 1.807) is 13.2 Å². The molecule has 5 rings (SSSR count). The molecule has 2 aromatic carbocycles. The third-order valence-corrected chi connectivity index (χ3v) is 7.13. The number of carbonyl (C=O) groups is 2. The minimum absolute atomic E-state index is 0.0488. The van der Waals surface area contributed by atoms with E-state index < -0.39 is 5.92 Å². The fourth-order valence-corrected chi connectivity index (χ4v) is 5.63. The fourth-order valence-electron chi connectivity index (χ4n) is 5.44. The number of hydrogen-bond acceptors (Lipinski definition) is 4. The number of Topliss-reactive ketones (excluding diaryl/α,β-unsaturated/α-hetero) is 2. The molecule has 0 aromatic heterocycles. The molecule has 0 amide bonds. The summed E-state index contributed by atoms with van der Waals surface area (Å²) in [5, 5.41) is 0.547. The van der Waals surface area contributed by atoms with Crippen LogP contribution in [0.4, 0.5) is 0 Å². The third kappa shape index (κ3) is 2.77. The molecule has 0 spiro atoms.